The van der Waals surface area contributed by atoms with Crippen molar-refractivity contribution < 1.29 is 4.74 Å². The Hall–Kier alpha value is -2.81. The van der Waals surface area contributed by atoms with Crippen molar-refractivity contribution in [2.45, 2.75) is 13.5 Å². The van der Waals surface area contributed by atoms with Crippen LogP contribution in [-0.2, 0) is 6.54 Å². The lowest BCUT2D eigenvalue weighted by molar-refractivity contribution is 0.414. The highest BCUT2D eigenvalue weighted by atomic mass is 16.5. The Balaban J connectivity index is 2.05. The summed E-state index contributed by atoms with van der Waals surface area (Å²) in [6, 6.07) is 16.1. The quantitative estimate of drug-likeness (QED) is 0.634. The fourth-order valence-electron chi connectivity index (χ4n) is 2.63. The molecule has 23 heavy (non-hydrogen) atoms. The molecule has 0 spiro atoms. The summed E-state index contributed by atoms with van der Waals surface area (Å²) in [6.07, 6.45) is 4.07. The van der Waals surface area contributed by atoms with Gasteiger partial charge in [0.2, 0.25) is 0 Å². The number of aromatic nitrogens is 2. The summed E-state index contributed by atoms with van der Waals surface area (Å²) in [5.41, 5.74) is 4.24. The molecule has 0 saturated carbocycles. The Bertz CT molecular complexity index is 874. The minimum Gasteiger partial charge on any atom is -0.496 e. The molecule has 3 rings (SSSR count). The molecule has 3 aromatic rings. The number of nitrogens with zero attached hydrogens (tertiary/aromatic N) is 2. The molecule has 1 aromatic heterocycles. The maximum absolute atomic E-state index is 5.39. The molecule has 3 nitrogen and oxygen atoms in total. The zero-order chi connectivity index (χ0) is 16.2. The van der Waals surface area contributed by atoms with Crippen molar-refractivity contribution in [3.63, 3.8) is 0 Å². The summed E-state index contributed by atoms with van der Waals surface area (Å²) in [6.45, 7) is 6.82. The predicted molar refractivity (Wildman–Crippen MR) is 96.5 cm³/mol. The number of ether oxygens (including phenoxy) is 1. The predicted octanol–water partition coefficient (Wildman–Crippen LogP) is 4.79. The van der Waals surface area contributed by atoms with E-state index in [2.05, 4.69) is 17.2 Å². The van der Waals surface area contributed by atoms with E-state index >= 15 is 0 Å². The Kier molecular flexibility index (Phi) is 4.29. The first-order valence-corrected chi connectivity index (χ1v) is 7.60. The van der Waals surface area contributed by atoms with Crippen molar-refractivity contribution in [1.82, 2.24) is 9.55 Å². The molecule has 0 unspecified atom stereocenters. The summed E-state index contributed by atoms with van der Waals surface area (Å²) in [7, 11) is 1.68. The number of benzene rings is 2. The Morgan fingerprint density at radius 2 is 1.87 bits per heavy atom. The highest BCUT2D eigenvalue weighted by molar-refractivity contribution is 5.80. The largest absolute Gasteiger partial charge is 0.496 e. The van der Waals surface area contributed by atoms with Crippen LogP contribution in [0.1, 0.15) is 18.3 Å². The molecule has 0 bridgehead atoms. The van der Waals surface area contributed by atoms with Gasteiger partial charge in [-0.1, -0.05) is 42.5 Å². The van der Waals surface area contributed by atoms with Crippen molar-refractivity contribution in [2.24, 2.45) is 0 Å². The van der Waals surface area contributed by atoms with Gasteiger partial charge in [-0.2, -0.15) is 0 Å². The first kappa shape index (κ1) is 15.1. The minimum atomic E-state index is 0.756. The van der Waals surface area contributed by atoms with Gasteiger partial charge >= 0.3 is 0 Å². The molecule has 0 aliphatic heterocycles. The van der Waals surface area contributed by atoms with Crippen LogP contribution < -0.4 is 4.74 Å². The van der Waals surface area contributed by atoms with Crippen LogP contribution in [0.3, 0.4) is 0 Å². The normalized spacial score (nSPS) is 11.2. The lowest BCUT2D eigenvalue weighted by atomic mass is 10.2. The highest BCUT2D eigenvalue weighted by Crippen LogP contribution is 2.22. The highest BCUT2D eigenvalue weighted by Gasteiger charge is 2.08. The number of methoxy groups -OCH3 is 1. The van der Waals surface area contributed by atoms with Crippen LogP contribution in [0, 0.1) is 0 Å². The number of rotatable bonds is 5. The molecule has 3 heteroatoms. The standard InChI is InChI=1S/C20H20N2O/c1-15(2)14-22-18-10-6-5-9-17(18)21-20(22)13-12-16-8-4-7-11-19(16)23-3/h4-13H,1,14H2,2-3H3/b13-12+. The average molecular weight is 304 g/mol. The molecule has 2 aromatic carbocycles. The second-order valence-electron chi connectivity index (χ2n) is 5.58. The Morgan fingerprint density at radius 3 is 2.65 bits per heavy atom. The van der Waals surface area contributed by atoms with Crippen molar-refractivity contribution in [3.8, 4) is 5.75 Å². The minimum absolute atomic E-state index is 0.756. The van der Waals surface area contributed by atoms with E-state index < -0.39 is 0 Å². The summed E-state index contributed by atoms with van der Waals surface area (Å²) < 4.78 is 7.58. The number of fused-ring (bicyclic) bond motifs is 1. The van der Waals surface area contributed by atoms with E-state index in [4.69, 9.17) is 9.72 Å². The van der Waals surface area contributed by atoms with Gasteiger partial charge in [-0.3, -0.25) is 0 Å². The lowest BCUT2D eigenvalue weighted by Crippen LogP contribution is -2.01. The SMILES string of the molecule is C=C(C)Cn1c(/C=C/c2ccccc2OC)nc2ccccc21. The van der Waals surface area contributed by atoms with E-state index in [1.54, 1.807) is 7.11 Å². The molecule has 0 radical (unpaired) electrons. The van der Waals surface area contributed by atoms with Crippen molar-refractivity contribution in [1.29, 1.82) is 0 Å². The van der Waals surface area contributed by atoms with Crippen molar-refractivity contribution >= 4 is 23.2 Å². The zero-order valence-electron chi connectivity index (χ0n) is 13.5. The van der Waals surface area contributed by atoms with Crippen LogP contribution in [-0.4, -0.2) is 16.7 Å². The van der Waals surface area contributed by atoms with E-state index in [-0.39, 0.29) is 0 Å². The van der Waals surface area contributed by atoms with Gasteiger partial charge in [-0.15, -0.1) is 0 Å². The molecule has 1 heterocycles. The van der Waals surface area contributed by atoms with Crippen LogP contribution >= 0.6 is 0 Å². The van der Waals surface area contributed by atoms with Gasteiger partial charge in [-0.05, 0) is 37.3 Å². The second kappa shape index (κ2) is 6.53. The van der Waals surface area contributed by atoms with Gasteiger partial charge in [0, 0.05) is 12.1 Å². The van der Waals surface area contributed by atoms with Crippen LogP contribution in [0.4, 0.5) is 0 Å². The molecule has 0 amide bonds. The maximum Gasteiger partial charge on any atom is 0.134 e. The third-order valence-electron chi connectivity index (χ3n) is 3.66. The Morgan fingerprint density at radius 1 is 1.13 bits per heavy atom. The molecule has 0 aliphatic rings. The number of para-hydroxylation sites is 3. The van der Waals surface area contributed by atoms with Crippen LogP contribution in [0.15, 0.2) is 60.7 Å². The zero-order valence-corrected chi connectivity index (χ0v) is 13.5. The second-order valence-corrected chi connectivity index (χ2v) is 5.58. The average Bonchev–Trinajstić information content (AvgIpc) is 2.90. The summed E-state index contributed by atoms with van der Waals surface area (Å²) in [4.78, 5) is 4.73. The first-order chi connectivity index (χ1) is 11.2. The van der Waals surface area contributed by atoms with Gasteiger partial charge < -0.3 is 9.30 Å². The molecular weight excluding hydrogens is 284 g/mol. The van der Waals surface area contributed by atoms with Crippen LogP contribution in [0.2, 0.25) is 0 Å². The molecule has 0 N–H and O–H groups in total. The van der Waals surface area contributed by atoms with Gasteiger partial charge in [0.15, 0.2) is 0 Å². The first-order valence-electron chi connectivity index (χ1n) is 7.60. The summed E-state index contributed by atoms with van der Waals surface area (Å²) in [5, 5.41) is 0. The number of allylic oxidation sites excluding steroid dienone is 1. The van der Waals surface area contributed by atoms with E-state index in [9.17, 15) is 0 Å². The maximum atomic E-state index is 5.39. The van der Waals surface area contributed by atoms with E-state index in [0.29, 0.717) is 0 Å². The monoisotopic (exact) mass is 304 g/mol. The van der Waals surface area contributed by atoms with Crippen LogP contribution in [0.5, 0.6) is 5.75 Å². The number of hydrogen-bond donors (Lipinski definition) is 0. The number of imidazole rings is 1. The molecule has 0 fully saturated rings. The molecule has 0 saturated heterocycles. The van der Waals surface area contributed by atoms with Crippen molar-refractivity contribution in [3.05, 3.63) is 72.1 Å². The third-order valence-corrected chi connectivity index (χ3v) is 3.66. The third kappa shape index (κ3) is 3.19. The van der Waals surface area contributed by atoms with E-state index in [0.717, 1.165) is 40.3 Å². The Labute approximate surface area is 136 Å². The van der Waals surface area contributed by atoms with Crippen molar-refractivity contribution in [2.75, 3.05) is 7.11 Å². The summed E-state index contributed by atoms with van der Waals surface area (Å²) in [5.74, 6) is 1.77. The van der Waals surface area contributed by atoms with E-state index in [1.165, 1.54) is 0 Å². The number of hydrogen-bond acceptors (Lipinski definition) is 2. The van der Waals surface area contributed by atoms with Crippen LogP contribution in [0.25, 0.3) is 23.2 Å². The molecule has 0 atom stereocenters. The van der Waals surface area contributed by atoms with Gasteiger partial charge in [0.05, 0.1) is 18.1 Å². The lowest BCUT2D eigenvalue weighted by Gasteiger charge is -2.07. The molecule has 116 valence electrons. The van der Waals surface area contributed by atoms with Gasteiger partial charge in [0.25, 0.3) is 0 Å². The molecule has 0 aliphatic carbocycles. The van der Waals surface area contributed by atoms with Gasteiger partial charge in [-0.25, -0.2) is 4.98 Å². The molecular formula is C20H20N2O. The smallest absolute Gasteiger partial charge is 0.134 e. The summed E-state index contributed by atoms with van der Waals surface area (Å²) >= 11 is 0. The van der Waals surface area contributed by atoms with Gasteiger partial charge in [0.1, 0.15) is 11.6 Å². The fourth-order valence-corrected chi connectivity index (χ4v) is 2.63. The topological polar surface area (TPSA) is 27.1 Å². The fraction of sp³-hybridized carbons (Fsp3) is 0.150. The van der Waals surface area contributed by atoms with E-state index in [1.807, 2.05) is 61.5 Å².